The summed E-state index contributed by atoms with van der Waals surface area (Å²) < 4.78 is 10.4. The van der Waals surface area contributed by atoms with Crippen LogP contribution in [-0.2, 0) is 20.8 Å². The topological polar surface area (TPSA) is 89.7 Å². The molecule has 0 spiro atoms. The first-order valence-corrected chi connectivity index (χ1v) is 7.01. The standard InChI is InChI=1S/C14H22N4O3/c1-20-7-5-16-9-11-3-2-4-17-14(11)18-6-8-21-10-12(18)13(15)19/h2-4,12,16H,5-10H2,1H3,(H2,15,19). The Hall–Kier alpha value is -1.70. The normalized spacial score (nSPS) is 18.7. The number of nitrogens with two attached hydrogens (primary N) is 1. The molecule has 3 N–H and O–H groups in total. The SMILES string of the molecule is COCCNCc1cccnc1N1CCOCC1C(N)=O. The minimum absolute atomic E-state index is 0.308. The molecule has 1 fully saturated rings. The zero-order chi connectivity index (χ0) is 15.1. The Morgan fingerprint density at radius 2 is 2.52 bits per heavy atom. The Bertz CT molecular complexity index is 469. The second-order valence-corrected chi connectivity index (χ2v) is 4.84. The van der Waals surface area contributed by atoms with Crippen LogP contribution in [0.2, 0.25) is 0 Å². The number of methoxy groups -OCH3 is 1. The minimum Gasteiger partial charge on any atom is -0.383 e. The van der Waals surface area contributed by atoms with Crippen LogP contribution in [0, 0.1) is 0 Å². The largest absolute Gasteiger partial charge is 0.383 e. The molecule has 1 aliphatic heterocycles. The summed E-state index contributed by atoms with van der Waals surface area (Å²) in [5.74, 6) is 0.396. The number of hydrogen-bond acceptors (Lipinski definition) is 6. The summed E-state index contributed by atoms with van der Waals surface area (Å²) in [6.45, 7) is 3.55. The third-order valence-electron chi connectivity index (χ3n) is 3.39. The lowest BCUT2D eigenvalue weighted by atomic mass is 10.1. The van der Waals surface area contributed by atoms with Gasteiger partial charge in [0.05, 0.1) is 19.8 Å². The van der Waals surface area contributed by atoms with Crippen LogP contribution >= 0.6 is 0 Å². The third-order valence-corrected chi connectivity index (χ3v) is 3.39. The van der Waals surface area contributed by atoms with Gasteiger partial charge >= 0.3 is 0 Å². The van der Waals surface area contributed by atoms with Crippen LogP contribution in [0.5, 0.6) is 0 Å². The molecule has 7 nitrogen and oxygen atoms in total. The summed E-state index contributed by atoms with van der Waals surface area (Å²) in [7, 11) is 1.67. The number of primary amides is 1. The number of rotatable bonds is 7. The first-order chi connectivity index (χ1) is 10.2. The fourth-order valence-electron chi connectivity index (χ4n) is 2.32. The number of hydrogen-bond donors (Lipinski definition) is 2. The molecule has 0 aromatic carbocycles. The monoisotopic (exact) mass is 294 g/mol. The molecule has 1 aromatic rings. The van der Waals surface area contributed by atoms with E-state index in [4.69, 9.17) is 15.2 Å². The number of carbonyl (C=O) groups is 1. The predicted molar refractivity (Wildman–Crippen MR) is 79.0 cm³/mol. The van der Waals surface area contributed by atoms with Gasteiger partial charge < -0.3 is 25.4 Å². The van der Waals surface area contributed by atoms with Crippen molar-refractivity contribution in [2.75, 3.05) is 44.9 Å². The Kier molecular flexibility index (Phi) is 5.91. The molecule has 1 saturated heterocycles. The highest BCUT2D eigenvalue weighted by molar-refractivity contribution is 5.84. The molecule has 0 bridgehead atoms. The second kappa shape index (κ2) is 7.92. The molecule has 116 valence electrons. The van der Waals surface area contributed by atoms with Crippen molar-refractivity contribution in [1.29, 1.82) is 0 Å². The van der Waals surface area contributed by atoms with E-state index in [-0.39, 0.29) is 0 Å². The number of anilines is 1. The maximum Gasteiger partial charge on any atom is 0.242 e. The molecule has 2 heterocycles. The van der Waals surface area contributed by atoms with Gasteiger partial charge in [-0.15, -0.1) is 0 Å². The van der Waals surface area contributed by atoms with Crippen LogP contribution < -0.4 is 16.0 Å². The lowest BCUT2D eigenvalue weighted by Gasteiger charge is -2.35. The number of nitrogens with zero attached hydrogens (tertiary/aromatic N) is 2. The molecular weight excluding hydrogens is 272 g/mol. The Balaban J connectivity index is 2.11. The van der Waals surface area contributed by atoms with Crippen molar-refractivity contribution < 1.29 is 14.3 Å². The second-order valence-electron chi connectivity index (χ2n) is 4.84. The molecule has 21 heavy (non-hydrogen) atoms. The molecule has 1 aromatic heterocycles. The summed E-state index contributed by atoms with van der Waals surface area (Å²) in [6, 6.07) is 3.41. The summed E-state index contributed by atoms with van der Waals surface area (Å²) in [5.41, 5.74) is 6.49. The molecule has 1 atom stereocenters. The Morgan fingerprint density at radius 1 is 1.67 bits per heavy atom. The number of pyridine rings is 1. The molecular formula is C14H22N4O3. The van der Waals surface area contributed by atoms with Crippen molar-refractivity contribution in [1.82, 2.24) is 10.3 Å². The van der Waals surface area contributed by atoms with Crippen LogP contribution in [0.3, 0.4) is 0 Å². The van der Waals surface area contributed by atoms with Crippen molar-refractivity contribution in [3.05, 3.63) is 23.9 Å². The molecule has 1 aliphatic rings. The first-order valence-electron chi connectivity index (χ1n) is 7.01. The van der Waals surface area contributed by atoms with Crippen molar-refractivity contribution in [2.24, 2.45) is 5.73 Å². The Morgan fingerprint density at radius 3 is 3.29 bits per heavy atom. The molecule has 1 amide bonds. The van der Waals surface area contributed by atoms with E-state index in [1.807, 2.05) is 17.0 Å². The van der Waals surface area contributed by atoms with Gasteiger partial charge in [-0.3, -0.25) is 4.79 Å². The Labute approximate surface area is 124 Å². The molecule has 1 unspecified atom stereocenters. The maximum absolute atomic E-state index is 11.6. The van der Waals surface area contributed by atoms with E-state index < -0.39 is 11.9 Å². The highest BCUT2D eigenvalue weighted by atomic mass is 16.5. The quantitative estimate of drug-likeness (QED) is 0.660. The zero-order valence-electron chi connectivity index (χ0n) is 12.2. The van der Waals surface area contributed by atoms with E-state index in [1.54, 1.807) is 13.3 Å². The fourth-order valence-corrected chi connectivity index (χ4v) is 2.32. The van der Waals surface area contributed by atoms with E-state index in [0.29, 0.717) is 32.9 Å². The molecule has 7 heteroatoms. The predicted octanol–water partition coefficient (Wildman–Crippen LogP) is -0.492. The van der Waals surface area contributed by atoms with Crippen molar-refractivity contribution >= 4 is 11.7 Å². The number of morpholine rings is 1. The van der Waals surface area contributed by atoms with Crippen LogP contribution in [0.4, 0.5) is 5.82 Å². The van der Waals surface area contributed by atoms with Gasteiger partial charge in [0.1, 0.15) is 11.9 Å². The van der Waals surface area contributed by atoms with Gasteiger partial charge in [0.25, 0.3) is 0 Å². The smallest absolute Gasteiger partial charge is 0.242 e. The number of ether oxygens (including phenoxy) is 2. The van der Waals surface area contributed by atoms with E-state index >= 15 is 0 Å². The summed E-state index contributed by atoms with van der Waals surface area (Å²) >= 11 is 0. The minimum atomic E-state index is -0.466. The van der Waals surface area contributed by atoms with Gasteiger partial charge in [0, 0.05) is 38.5 Å². The van der Waals surface area contributed by atoms with E-state index in [9.17, 15) is 4.79 Å². The van der Waals surface area contributed by atoms with Crippen LogP contribution in [-0.4, -0.2) is 57.0 Å². The van der Waals surface area contributed by atoms with Gasteiger partial charge in [-0.1, -0.05) is 6.07 Å². The highest BCUT2D eigenvalue weighted by Gasteiger charge is 2.29. The molecule has 0 radical (unpaired) electrons. The van der Waals surface area contributed by atoms with Gasteiger partial charge in [-0.2, -0.15) is 0 Å². The lowest BCUT2D eigenvalue weighted by Crippen LogP contribution is -2.53. The van der Waals surface area contributed by atoms with E-state index in [0.717, 1.165) is 17.9 Å². The fraction of sp³-hybridized carbons (Fsp3) is 0.571. The van der Waals surface area contributed by atoms with Crippen molar-refractivity contribution in [3.63, 3.8) is 0 Å². The molecule has 0 saturated carbocycles. The van der Waals surface area contributed by atoms with Gasteiger partial charge in [0.15, 0.2) is 0 Å². The zero-order valence-corrected chi connectivity index (χ0v) is 12.2. The van der Waals surface area contributed by atoms with Crippen LogP contribution in [0.1, 0.15) is 5.56 Å². The molecule has 0 aliphatic carbocycles. The summed E-state index contributed by atoms with van der Waals surface area (Å²) in [4.78, 5) is 17.9. The number of aromatic nitrogens is 1. The van der Waals surface area contributed by atoms with Gasteiger partial charge in [0.2, 0.25) is 5.91 Å². The molecule has 2 rings (SSSR count). The van der Waals surface area contributed by atoms with Crippen LogP contribution in [0.15, 0.2) is 18.3 Å². The van der Waals surface area contributed by atoms with Gasteiger partial charge in [-0.05, 0) is 6.07 Å². The van der Waals surface area contributed by atoms with Crippen molar-refractivity contribution in [3.8, 4) is 0 Å². The van der Waals surface area contributed by atoms with E-state index in [2.05, 4.69) is 10.3 Å². The third kappa shape index (κ3) is 4.13. The number of carbonyl (C=O) groups excluding carboxylic acids is 1. The summed E-state index contributed by atoms with van der Waals surface area (Å²) in [5, 5.41) is 3.29. The summed E-state index contributed by atoms with van der Waals surface area (Å²) in [6.07, 6.45) is 1.72. The number of nitrogens with one attached hydrogen (secondary N) is 1. The number of amides is 1. The maximum atomic E-state index is 11.6. The average Bonchev–Trinajstić information content (AvgIpc) is 2.52. The van der Waals surface area contributed by atoms with E-state index in [1.165, 1.54) is 0 Å². The first kappa shape index (κ1) is 15.7. The highest BCUT2D eigenvalue weighted by Crippen LogP contribution is 2.21. The van der Waals surface area contributed by atoms with Crippen molar-refractivity contribution in [2.45, 2.75) is 12.6 Å². The van der Waals surface area contributed by atoms with Gasteiger partial charge in [-0.25, -0.2) is 4.98 Å². The van der Waals surface area contributed by atoms with Crippen LogP contribution in [0.25, 0.3) is 0 Å². The average molecular weight is 294 g/mol. The lowest BCUT2D eigenvalue weighted by molar-refractivity contribution is -0.121.